The summed E-state index contributed by atoms with van der Waals surface area (Å²) >= 11 is 12.2. The molecule has 1 unspecified atom stereocenters. The van der Waals surface area contributed by atoms with Crippen LogP contribution in [0.2, 0.25) is 10.0 Å². The molecule has 1 N–H and O–H groups in total. The van der Waals surface area contributed by atoms with E-state index in [-0.39, 0.29) is 25.0 Å². The molecule has 2 rings (SSSR count). The number of nitrogens with zero attached hydrogens (tertiary/aromatic N) is 1. The highest BCUT2D eigenvalue weighted by molar-refractivity contribution is 6.35. The number of hydrogen-bond acceptors (Lipinski definition) is 4. The smallest absolute Gasteiger partial charge is 0.261 e. The number of methoxy groups -OCH3 is 1. The lowest BCUT2D eigenvalue weighted by atomic mass is 10.1. The summed E-state index contributed by atoms with van der Waals surface area (Å²) < 4.78 is 10.9. The van der Waals surface area contributed by atoms with Crippen molar-refractivity contribution in [2.75, 3.05) is 20.3 Å². The molecule has 29 heavy (non-hydrogen) atoms. The van der Waals surface area contributed by atoms with Crippen LogP contribution in [0.1, 0.15) is 19.4 Å². The molecule has 2 amide bonds. The van der Waals surface area contributed by atoms with E-state index in [1.54, 1.807) is 49.4 Å². The van der Waals surface area contributed by atoms with Gasteiger partial charge in [-0.15, -0.1) is 0 Å². The van der Waals surface area contributed by atoms with E-state index in [1.165, 1.54) is 12.0 Å². The lowest BCUT2D eigenvalue weighted by Gasteiger charge is -2.29. The molecule has 0 heterocycles. The lowest BCUT2D eigenvalue weighted by molar-refractivity contribution is -0.142. The van der Waals surface area contributed by atoms with Crippen molar-refractivity contribution in [1.29, 1.82) is 0 Å². The molecule has 6 nitrogen and oxygen atoms in total. The molecule has 0 aliphatic carbocycles. The van der Waals surface area contributed by atoms with Crippen LogP contribution in [-0.4, -0.2) is 43.0 Å². The highest BCUT2D eigenvalue weighted by Gasteiger charge is 2.27. The predicted octanol–water partition coefficient (Wildman–Crippen LogP) is 3.93. The Morgan fingerprint density at radius 2 is 1.83 bits per heavy atom. The minimum Gasteiger partial charge on any atom is -0.493 e. The minimum absolute atomic E-state index is 0.141. The van der Waals surface area contributed by atoms with Crippen molar-refractivity contribution < 1.29 is 19.1 Å². The van der Waals surface area contributed by atoms with Gasteiger partial charge in [0.2, 0.25) is 5.91 Å². The van der Waals surface area contributed by atoms with Crippen LogP contribution >= 0.6 is 23.2 Å². The molecule has 0 aromatic heterocycles. The van der Waals surface area contributed by atoms with E-state index in [9.17, 15) is 9.59 Å². The first-order valence-corrected chi connectivity index (χ1v) is 9.89. The van der Waals surface area contributed by atoms with Crippen LogP contribution in [-0.2, 0) is 16.1 Å². The van der Waals surface area contributed by atoms with Gasteiger partial charge in [-0.2, -0.15) is 0 Å². The standard InChI is InChI=1S/C21H24Cl2N2O4/c1-4-24-21(27)14(2)25(12-15-9-10-16(22)11-17(15)23)20(26)13-29-19-8-6-5-7-18(19)28-3/h5-11,14H,4,12-13H2,1-3H3,(H,24,27). The van der Waals surface area contributed by atoms with Gasteiger partial charge in [0.25, 0.3) is 5.91 Å². The van der Waals surface area contributed by atoms with Crippen LogP contribution in [0, 0.1) is 0 Å². The minimum atomic E-state index is -0.713. The van der Waals surface area contributed by atoms with Gasteiger partial charge in [0.15, 0.2) is 18.1 Å². The zero-order valence-corrected chi connectivity index (χ0v) is 18.1. The second-order valence-electron chi connectivity index (χ2n) is 6.27. The number of nitrogens with one attached hydrogen (secondary N) is 1. The van der Waals surface area contributed by atoms with E-state index in [2.05, 4.69) is 5.32 Å². The Bertz CT molecular complexity index is 860. The quantitative estimate of drug-likeness (QED) is 0.643. The number of likely N-dealkylation sites (N-methyl/N-ethyl adjacent to an activating group) is 1. The van der Waals surface area contributed by atoms with Crippen molar-refractivity contribution in [2.45, 2.75) is 26.4 Å². The third-order valence-corrected chi connectivity index (χ3v) is 4.88. The molecule has 0 spiro atoms. The third kappa shape index (κ3) is 6.27. The molecule has 0 bridgehead atoms. The van der Waals surface area contributed by atoms with Crippen molar-refractivity contribution in [3.63, 3.8) is 0 Å². The van der Waals surface area contributed by atoms with E-state index in [4.69, 9.17) is 32.7 Å². The van der Waals surface area contributed by atoms with Crippen molar-refractivity contribution in [3.05, 3.63) is 58.1 Å². The zero-order chi connectivity index (χ0) is 21.4. The number of amides is 2. The van der Waals surface area contributed by atoms with E-state index in [0.29, 0.717) is 33.7 Å². The van der Waals surface area contributed by atoms with E-state index >= 15 is 0 Å². The Labute approximate surface area is 180 Å². The maximum absolute atomic E-state index is 13.0. The molecule has 0 radical (unpaired) electrons. The largest absolute Gasteiger partial charge is 0.493 e. The summed E-state index contributed by atoms with van der Waals surface area (Å²) in [6, 6.07) is 11.3. The second-order valence-corrected chi connectivity index (χ2v) is 7.11. The number of hydrogen-bond donors (Lipinski definition) is 1. The second kappa shape index (κ2) is 10.9. The van der Waals surface area contributed by atoms with Crippen LogP contribution in [0.3, 0.4) is 0 Å². The summed E-state index contributed by atoms with van der Waals surface area (Å²) in [4.78, 5) is 26.8. The molecule has 2 aromatic carbocycles. The summed E-state index contributed by atoms with van der Waals surface area (Å²) in [6.07, 6.45) is 0. The molecular formula is C21H24Cl2N2O4. The number of ether oxygens (including phenoxy) is 2. The van der Waals surface area contributed by atoms with Crippen molar-refractivity contribution in [2.24, 2.45) is 0 Å². The molecule has 0 fully saturated rings. The maximum atomic E-state index is 13.0. The molecule has 0 aliphatic heterocycles. The highest BCUT2D eigenvalue weighted by Crippen LogP contribution is 2.26. The molecule has 0 aliphatic rings. The number of rotatable bonds is 9. The Morgan fingerprint density at radius 3 is 2.45 bits per heavy atom. The summed E-state index contributed by atoms with van der Waals surface area (Å²) in [5.74, 6) is 0.340. The van der Waals surface area contributed by atoms with Gasteiger partial charge in [-0.25, -0.2) is 0 Å². The molecule has 2 aromatic rings. The maximum Gasteiger partial charge on any atom is 0.261 e. The Morgan fingerprint density at radius 1 is 1.14 bits per heavy atom. The average molecular weight is 439 g/mol. The number of para-hydroxylation sites is 2. The average Bonchev–Trinajstić information content (AvgIpc) is 2.71. The van der Waals surface area contributed by atoms with Crippen LogP contribution in [0.5, 0.6) is 11.5 Å². The van der Waals surface area contributed by atoms with Gasteiger partial charge >= 0.3 is 0 Å². The van der Waals surface area contributed by atoms with Crippen LogP contribution in [0.4, 0.5) is 0 Å². The zero-order valence-electron chi connectivity index (χ0n) is 16.6. The first kappa shape index (κ1) is 22.8. The van der Waals surface area contributed by atoms with Gasteiger partial charge in [0, 0.05) is 23.1 Å². The van der Waals surface area contributed by atoms with Gasteiger partial charge in [-0.1, -0.05) is 41.4 Å². The summed E-state index contributed by atoms with van der Waals surface area (Å²) in [5.41, 5.74) is 0.679. The number of carbonyl (C=O) groups excluding carboxylic acids is 2. The summed E-state index contributed by atoms with van der Waals surface area (Å²) in [7, 11) is 1.52. The van der Waals surface area contributed by atoms with Crippen molar-refractivity contribution >= 4 is 35.0 Å². The highest BCUT2D eigenvalue weighted by atomic mass is 35.5. The van der Waals surface area contributed by atoms with Crippen molar-refractivity contribution in [3.8, 4) is 11.5 Å². The predicted molar refractivity (Wildman–Crippen MR) is 114 cm³/mol. The van der Waals surface area contributed by atoms with E-state index < -0.39 is 6.04 Å². The fourth-order valence-electron chi connectivity index (χ4n) is 2.70. The van der Waals surface area contributed by atoms with E-state index in [0.717, 1.165) is 0 Å². The first-order valence-electron chi connectivity index (χ1n) is 9.14. The lowest BCUT2D eigenvalue weighted by Crippen LogP contribution is -2.49. The molecule has 0 saturated heterocycles. The van der Waals surface area contributed by atoms with Crippen molar-refractivity contribution in [1.82, 2.24) is 10.2 Å². The third-order valence-electron chi connectivity index (χ3n) is 4.29. The summed E-state index contributed by atoms with van der Waals surface area (Å²) in [6.45, 7) is 3.83. The van der Waals surface area contributed by atoms with Crippen LogP contribution in [0.15, 0.2) is 42.5 Å². The molecule has 0 saturated carbocycles. The molecular weight excluding hydrogens is 415 g/mol. The summed E-state index contributed by atoms with van der Waals surface area (Å²) in [5, 5.41) is 3.65. The molecule has 1 atom stereocenters. The van der Waals surface area contributed by atoms with E-state index in [1.807, 2.05) is 6.92 Å². The number of carbonyl (C=O) groups is 2. The monoisotopic (exact) mass is 438 g/mol. The number of halogens is 2. The van der Waals surface area contributed by atoms with Gasteiger partial charge in [-0.05, 0) is 43.7 Å². The fraction of sp³-hybridized carbons (Fsp3) is 0.333. The Balaban J connectivity index is 2.21. The van der Waals surface area contributed by atoms with Crippen LogP contribution < -0.4 is 14.8 Å². The Hall–Kier alpha value is -2.44. The van der Waals surface area contributed by atoms with Gasteiger partial charge in [0.05, 0.1) is 7.11 Å². The van der Waals surface area contributed by atoms with Gasteiger partial charge in [0.1, 0.15) is 6.04 Å². The van der Waals surface area contributed by atoms with Gasteiger partial charge in [-0.3, -0.25) is 9.59 Å². The van der Waals surface area contributed by atoms with Crippen LogP contribution in [0.25, 0.3) is 0 Å². The fourth-order valence-corrected chi connectivity index (χ4v) is 3.17. The Kier molecular flexibility index (Phi) is 8.61. The molecule has 8 heteroatoms. The first-order chi connectivity index (χ1) is 13.9. The topological polar surface area (TPSA) is 67.9 Å². The van der Waals surface area contributed by atoms with Gasteiger partial charge < -0.3 is 19.7 Å². The SMILES string of the molecule is CCNC(=O)C(C)N(Cc1ccc(Cl)cc1Cl)C(=O)COc1ccccc1OC. The normalized spacial score (nSPS) is 11.5. The molecule has 156 valence electrons. The number of benzene rings is 2.